The van der Waals surface area contributed by atoms with E-state index in [1.54, 1.807) is 0 Å². The second kappa shape index (κ2) is 5.58. The van der Waals surface area contributed by atoms with Crippen LogP contribution in [0.15, 0.2) is 28.0 Å². The Kier molecular flexibility index (Phi) is 3.42. The second-order valence-electron chi connectivity index (χ2n) is 5.17. The minimum Gasteiger partial charge on any atom is -0.486 e. The Morgan fingerprint density at radius 2 is 1.91 bits per heavy atom. The largest absolute Gasteiger partial charge is 0.486 e. The van der Waals surface area contributed by atoms with Crippen LogP contribution in [-0.2, 0) is 0 Å². The van der Waals surface area contributed by atoms with Gasteiger partial charge in [0.2, 0.25) is 0 Å². The summed E-state index contributed by atoms with van der Waals surface area (Å²) in [4.78, 5) is 8.84. The van der Waals surface area contributed by atoms with Gasteiger partial charge < -0.3 is 19.2 Å². The molecule has 0 amide bonds. The maximum absolute atomic E-state index is 5.61. The number of nitrogens with zero attached hydrogens (tertiary/aromatic N) is 2. The zero-order valence-corrected chi connectivity index (χ0v) is 13.6. The van der Waals surface area contributed by atoms with Gasteiger partial charge in [-0.15, -0.1) is 11.3 Å². The second-order valence-corrected chi connectivity index (χ2v) is 6.03. The van der Waals surface area contributed by atoms with Gasteiger partial charge in [-0.25, -0.2) is 9.97 Å². The molecule has 0 radical (unpaired) electrons. The number of fused-ring (bicyclic) bond motifs is 1. The summed E-state index contributed by atoms with van der Waals surface area (Å²) in [6.45, 7) is 4.91. The molecule has 1 N–H and O–H groups in total. The van der Waals surface area contributed by atoms with Crippen LogP contribution in [0.4, 0.5) is 10.8 Å². The van der Waals surface area contributed by atoms with Gasteiger partial charge in [0.05, 0.1) is 5.69 Å². The van der Waals surface area contributed by atoms with E-state index in [0.29, 0.717) is 24.9 Å². The van der Waals surface area contributed by atoms with Crippen LogP contribution in [0.2, 0.25) is 0 Å². The van der Waals surface area contributed by atoms with Gasteiger partial charge in [0, 0.05) is 24.1 Å². The number of rotatable bonds is 3. The lowest BCUT2D eigenvalue weighted by Gasteiger charge is -2.18. The van der Waals surface area contributed by atoms with Crippen LogP contribution in [0.3, 0.4) is 0 Å². The Hall–Kier alpha value is -2.54. The van der Waals surface area contributed by atoms with E-state index in [1.165, 1.54) is 11.3 Å². The van der Waals surface area contributed by atoms with Gasteiger partial charge in [0.1, 0.15) is 18.9 Å². The van der Waals surface area contributed by atoms with Crippen LogP contribution in [0.1, 0.15) is 11.6 Å². The summed E-state index contributed by atoms with van der Waals surface area (Å²) in [5, 5.41) is 6.01. The summed E-state index contributed by atoms with van der Waals surface area (Å²) in [7, 11) is 0. The molecule has 0 spiro atoms. The quantitative estimate of drug-likeness (QED) is 0.785. The van der Waals surface area contributed by atoms with Gasteiger partial charge in [-0.2, -0.15) is 0 Å². The van der Waals surface area contributed by atoms with Crippen LogP contribution >= 0.6 is 11.3 Å². The van der Waals surface area contributed by atoms with Crippen LogP contribution in [0.25, 0.3) is 11.5 Å². The summed E-state index contributed by atoms with van der Waals surface area (Å²) in [5.41, 5.74) is 2.53. The zero-order valence-electron chi connectivity index (χ0n) is 12.8. The molecule has 1 aliphatic rings. The van der Waals surface area contributed by atoms with Crippen molar-refractivity contribution in [2.75, 3.05) is 18.5 Å². The molecule has 0 atom stereocenters. The lowest BCUT2D eigenvalue weighted by molar-refractivity contribution is 0.171. The molecule has 4 rings (SSSR count). The molecule has 0 bridgehead atoms. The van der Waals surface area contributed by atoms with Crippen molar-refractivity contribution in [3.8, 4) is 23.0 Å². The monoisotopic (exact) mass is 329 g/mol. The molecule has 0 saturated heterocycles. The van der Waals surface area contributed by atoms with Crippen LogP contribution in [0, 0.1) is 13.8 Å². The van der Waals surface area contributed by atoms with Gasteiger partial charge in [-0.3, -0.25) is 0 Å². The van der Waals surface area contributed by atoms with Gasteiger partial charge in [-0.1, -0.05) is 0 Å². The fourth-order valence-corrected chi connectivity index (χ4v) is 3.16. The first-order valence-corrected chi connectivity index (χ1v) is 8.13. The standard InChI is InChI=1S/C16H15N3O3S/c1-9-15(22-10(2)17-9)12-8-23-16(19-12)18-11-3-4-13-14(7-11)21-6-5-20-13/h3-4,7-8H,5-6H2,1-2H3,(H,18,19). The number of benzene rings is 1. The Morgan fingerprint density at radius 1 is 1.09 bits per heavy atom. The Balaban J connectivity index is 1.57. The number of ether oxygens (including phenoxy) is 2. The number of aryl methyl sites for hydroxylation is 2. The Labute approximate surface area is 137 Å². The Morgan fingerprint density at radius 3 is 2.70 bits per heavy atom. The molecule has 6 nitrogen and oxygen atoms in total. The van der Waals surface area contributed by atoms with E-state index in [-0.39, 0.29) is 0 Å². The third-order valence-electron chi connectivity index (χ3n) is 3.43. The number of anilines is 2. The van der Waals surface area contributed by atoms with E-state index < -0.39 is 0 Å². The van der Waals surface area contributed by atoms with Crippen LogP contribution in [-0.4, -0.2) is 23.2 Å². The SMILES string of the molecule is Cc1nc(C)c(-c2csc(Nc3ccc4c(c3)OCCO4)n2)o1. The van der Waals surface area contributed by atoms with Gasteiger partial charge in [0.15, 0.2) is 28.3 Å². The lowest BCUT2D eigenvalue weighted by atomic mass is 10.2. The molecule has 0 aliphatic carbocycles. The highest BCUT2D eigenvalue weighted by Gasteiger charge is 2.15. The average Bonchev–Trinajstić information content (AvgIpc) is 3.13. The van der Waals surface area contributed by atoms with E-state index in [1.807, 2.05) is 37.4 Å². The van der Waals surface area contributed by atoms with E-state index in [9.17, 15) is 0 Å². The predicted molar refractivity (Wildman–Crippen MR) is 87.8 cm³/mol. The van der Waals surface area contributed by atoms with Gasteiger partial charge >= 0.3 is 0 Å². The molecule has 0 fully saturated rings. The molecular formula is C16H15N3O3S. The predicted octanol–water partition coefficient (Wildman–Crippen LogP) is 3.93. The molecular weight excluding hydrogens is 314 g/mol. The van der Waals surface area contributed by atoms with Gasteiger partial charge in [0.25, 0.3) is 0 Å². The summed E-state index contributed by atoms with van der Waals surface area (Å²) < 4.78 is 16.7. The van der Waals surface area contributed by atoms with Gasteiger partial charge in [-0.05, 0) is 19.1 Å². The highest BCUT2D eigenvalue weighted by atomic mass is 32.1. The molecule has 23 heavy (non-hydrogen) atoms. The first kappa shape index (κ1) is 14.1. The molecule has 3 aromatic rings. The highest BCUT2D eigenvalue weighted by Crippen LogP contribution is 2.35. The number of aromatic nitrogens is 2. The number of thiazole rings is 1. The van der Waals surface area contributed by atoms with Crippen molar-refractivity contribution in [2.45, 2.75) is 13.8 Å². The molecule has 2 aromatic heterocycles. The van der Waals surface area contributed by atoms with E-state index >= 15 is 0 Å². The molecule has 1 aliphatic heterocycles. The summed E-state index contributed by atoms with van der Waals surface area (Å²) in [6.07, 6.45) is 0. The first-order chi connectivity index (χ1) is 11.2. The molecule has 0 saturated carbocycles. The van der Waals surface area contributed by atoms with Crippen LogP contribution < -0.4 is 14.8 Å². The fourth-order valence-electron chi connectivity index (χ4n) is 2.45. The van der Waals surface area contributed by atoms with Crippen LogP contribution in [0.5, 0.6) is 11.5 Å². The molecule has 3 heterocycles. The third kappa shape index (κ3) is 2.75. The molecule has 1 aromatic carbocycles. The molecule has 0 unspecified atom stereocenters. The fraction of sp³-hybridized carbons (Fsp3) is 0.250. The molecule has 118 valence electrons. The first-order valence-electron chi connectivity index (χ1n) is 7.25. The number of nitrogens with one attached hydrogen (secondary N) is 1. The number of hydrogen-bond acceptors (Lipinski definition) is 7. The lowest BCUT2D eigenvalue weighted by Crippen LogP contribution is -2.15. The van der Waals surface area contributed by atoms with Crippen molar-refractivity contribution in [1.82, 2.24) is 9.97 Å². The maximum Gasteiger partial charge on any atom is 0.192 e. The smallest absolute Gasteiger partial charge is 0.192 e. The van der Waals surface area contributed by atoms with Crippen molar-refractivity contribution < 1.29 is 13.9 Å². The minimum atomic E-state index is 0.571. The summed E-state index contributed by atoms with van der Waals surface area (Å²) in [6, 6.07) is 5.76. The van der Waals surface area contributed by atoms with E-state index in [2.05, 4.69) is 15.3 Å². The van der Waals surface area contributed by atoms with Crippen molar-refractivity contribution in [3.63, 3.8) is 0 Å². The van der Waals surface area contributed by atoms with Crippen molar-refractivity contribution >= 4 is 22.2 Å². The topological polar surface area (TPSA) is 69.4 Å². The highest BCUT2D eigenvalue weighted by molar-refractivity contribution is 7.14. The maximum atomic E-state index is 5.61. The minimum absolute atomic E-state index is 0.571. The summed E-state index contributed by atoms with van der Waals surface area (Å²) in [5.74, 6) is 2.88. The summed E-state index contributed by atoms with van der Waals surface area (Å²) >= 11 is 1.51. The third-order valence-corrected chi connectivity index (χ3v) is 4.19. The number of oxazole rings is 1. The Bertz CT molecular complexity index is 856. The zero-order chi connectivity index (χ0) is 15.8. The van der Waals surface area contributed by atoms with Crippen molar-refractivity contribution in [3.05, 3.63) is 35.2 Å². The van der Waals surface area contributed by atoms with Crippen molar-refractivity contribution in [2.24, 2.45) is 0 Å². The normalized spacial score (nSPS) is 13.1. The van der Waals surface area contributed by atoms with Crippen molar-refractivity contribution in [1.29, 1.82) is 0 Å². The van der Waals surface area contributed by atoms with E-state index in [0.717, 1.165) is 33.7 Å². The van der Waals surface area contributed by atoms with E-state index in [4.69, 9.17) is 13.9 Å². The number of hydrogen-bond donors (Lipinski definition) is 1. The average molecular weight is 329 g/mol. The molecule has 7 heteroatoms.